The molecule has 1 aromatic heterocycles. The zero-order valence-electron chi connectivity index (χ0n) is 8.90. The summed E-state index contributed by atoms with van der Waals surface area (Å²) in [7, 11) is 0. The second-order valence-electron chi connectivity index (χ2n) is 3.07. The van der Waals surface area contributed by atoms with Crippen LogP contribution >= 0.6 is 0 Å². The van der Waals surface area contributed by atoms with Crippen molar-refractivity contribution in [2.45, 2.75) is 0 Å². The second kappa shape index (κ2) is 5.32. The van der Waals surface area contributed by atoms with E-state index in [1.807, 2.05) is 6.07 Å². The third-order valence-electron chi connectivity index (χ3n) is 1.64. The third kappa shape index (κ3) is 4.05. The fourth-order valence-corrected chi connectivity index (χ4v) is 0.936. The van der Waals surface area contributed by atoms with Crippen LogP contribution in [0.2, 0.25) is 0 Å². The maximum Gasteiger partial charge on any atom is 0.256 e. The van der Waals surface area contributed by atoms with E-state index in [4.69, 9.17) is 10.4 Å². The van der Waals surface area contributed by atoms with E-state index in [1.165, 1.54) is 12.2 Å². The average molecular weight is 230 g/mol. The molecule has 0 bridgehead atoms. The normalized spacial score (nSPS) is 9.82. The van der Waals surface area contributed by atoms with E-state index in [-0.39, 0.29) is 11.5 Å². The summed E-state index contributed by atoms with van der Waals surface area (Å²) in [6.45, 7) is 7.07. The number of hydrogen-bond donors (Lipinski definition) is 3. The average Bonchev–Trinajstić information content (AvgIpc) is 2.24. The standard InChI is InChI=1S/C11H10N4O2/c1-7(6-12)3-4-8(2)13-11-14-9(16)5-10(17)15-11/h3-5H,1-2H2,(H3,13,14,15,16,17)/b4-3-. The predicted molar refractivity (Wildman–Crippen MR) is 63.2 cm³/mol. The number of nitrogens with one attached hydrogen (secondary N) is 2. The van der Waals surface area contributed by atoms with E-state index in [0.29, 0.717) is 5.70 Å². The van der Waals surface area contributed by atoms with Crippen molar-refractivity contribution in [1.82, 2.24) is 9.97 Å². The van der Waals surface area contributed by atoms with Crippen LogP contribution in [-0.4, -0.2) is 15.1 Å². The van der Waals surface area contributed by atoms with Crippen LogP contribution in [0, 0.1) is 11.3 Å². The van der Waals surface area contributed by atoms with Crippen molar-refractivity contribution in [1.29, 1.82) is 5.26 Å². The molecule has 0 aliphatic rings. The van der Waals surface area contributed by atoms with Gasteiger partial charge in [-0.3, -0.25) is 9.78 Å². The Kier molecular flexibility index (Phi) is 3.84. The quantitative estimate of drug-likeness (QED) is 0.529. The van der Waals surface area contributed by atoms with Gasteiger partial charge in [-0.1, -0.05) is 13.2 Å². The molecule has 0 saturated heterocycles. The molecule has 1 heterocycles. The van der Waals surface area contributed by atoms with E-state index in [2.05, 4.69) is 28.4 Å². The first-order chi connectivity index (χ1) is 8.01. The fourth-order valence-electron chi connectivity index (χ4n) is 0.936. The zero-order valence-corrected chi connectivity index (χ0v) is 8.90. The molecule has 1 rings (SSSR count). The molecule has 86 valence electrons. The van der Waals surface area contributed by atoms with Gasteiger partial charge < -0.3 is 10.4 Å². The molecule has 0 saturated carbocycles. The van der Waals surface area contributed by atoms with Crippen molar-refractivity contribution in [3.05, 3.63) is 53.0 Å². The van der Waals surface area contributed by atoms with Crippen molar-refractivity contribution < 1.29 is 5.11 Å². The van der Waals surface area contributed by atoms with Gasteiger partial charge in [0.1, 0.15) is 0 Å². The number of nitrogens with zero attached hydrogens (tertiary/aromatic N) is 2. The van der Waals surface area contributed by atoms with Crippen LogP contribution in [0.4, 0.5) is 5.95 Å². The third-order valence-corrected chi connectivity index (χ3v) is 1.64. The number of allylic oxidation sites excluding steroid dienone is 3. The predicted octanol–water partition coefficient (Wildman–Crippen LogP) is 1.04. The maximum atomic E-state index is 11.0. The number of hydrogen-bond acceptors (Lipinski definition) is 5. The Balaban J connectivity index is 2.76. The Bertz CT molecular complexity index is 578. The molecule has 0 aliphatic heterocycles. The molecule has 6 nitrogen and oxygen atoms in total. The fraction of sp³-hybridized carbons (Fsp3) is 0. The van der Waals surface area contributed by atoms with Gasteiger partial charge >= 0.3 is 0 Å². The van der Waals surface area contributed by atoms with E-state index < -0.39 is 11.4 Å². The van der Waals surface area contributed by atoms with Gasteiger partial charge in [0.2, 0.25) is 11.8 Å². The lowest BCUT2D eigenvalue weighted by molar-refractivity contribution is 0.452. The second-order valence-corrected chi connectivity index (χ2v) is 3.07. The minimum atomic E-state index is -0.488. The molecule has 3 N–H and O–H groups in total. The number of aromatic nitrogens is 2. The smallest absolute Gasteiger partial charge is 0.256 e. The molecule has 17 heavy (non-hydrogen) atoms. The van der Waals surface area contributed by atoms with Crippen LogP contribution in [0.5, 0.6) is 5.88 Å². The molecule has 0 unspecified atom stereocenters. The van der Waals surface area contributed by atoms with Gasteiger partial charge in [-0.2, -0.15) is 10.2 Å². The van der Waals surface area contributed by atoms with E-state index in [0.717, 1.165) is 6.07 Å². The van der Waals surface area contributed by atoms with Crippen molar-refractivity contribution in [3.63, 3.8) is 0 Å². The summed E-state index contributed by atoms with van der Waals surface area (Å²) in [6.07, 6.45) is 2.95. The summed E-state index contributed by atoms with van der Waals surface area (Å²) in [5, 5.41) is 20.2. The number of aromatic amines is 1. The Labute approximate surface area is 97.3 Å². The van der Waals surface area contributed by atoms with Gasteiger partial charge in [-0.05, 0) is 12.2 Å². The van der Waals surface area contributed by atoms with Crippen LogP contribution in [0.25, 0.3) is 0 Å². The summed E-state index contributed by atoms with van der Waals surface area (Å²) in [6, 6.07) is 2.78. The number of nitriles is 1. The van der Waals surface area contributed by atoms with Gasteiger partial charge in [0.05, 0.1) is 12.1 Å². The number of aromatic hydroxyl groups is 1. The molecule has 0 radical (unpaired) electrons. The lowest BCUT2D eigenvalue weighted by Gasteiger charge is -2.03. The Morgan fingerprint density at radius 2 is 2.29 bits per heavy atom. The van der Waals surface area contributed by atoms with Gasteiger partial charge in [0.15, 0.2) is 0 Å². The minimum absolute atomic E-state index is 0.0622. The molecule has 0 atom stereocenters. The topological polar surface area (TPSA) is 102 Å². The number of H-pyrrole nitrogens is 1. The highest BCUT2D eigenvalue weighted by atomic mass is 16.3. The van der Waals surface area contributed by atoms with E-state index in [1.54, 1.807) is 0 Å². The summed E-state index contributed by atoms with van der Waals surface area (Å²) in [5.74, 6) is -0.332. The first-order valence-electron chi connectivity index (χ1n) is 4.54. The van der Waals surface area contributed by atoms with Crippen LogP contribution in [-0.2, 0) is 0 Å². The van der Waals surface area contributed by atoms with Crippen molar-refractivity contribution in [3.8, 4) is 11.9 Å². The van der Waals surface area contributed by atoms with Crippen LogP contribution in [0.15, 0.2) is 47.4 Å². The lowest BCUT2D eigenvalue weighted by atomic mass is 10.3. The molecule has 0 aromatic carbocycles. The van der Waals surface area contributed by atoms with Crippen LogP contribution in [0.3, 0.4) is 0 Å². The van der Waals surface area contributed by atoms with Crippen molar-refractivity contribution in [2.75, 3.05) is 5.32 Å². The first kappa shape index (κ1) is 12.3. The molecule has 1 aromatic rings. The minimum Gasteiger partial charge on any atom is -0.493 e. The number of rotatable bonds is 4. The molecule has 0 spiro atoms. The van der Waals surface area contributed by atoms with Crippen LogP contribution in [0.1, 0.15) is 0 Å². The van der Waals surface area contributed by atoms with Gasteiger partial charge in [-0.25, -0.2) is 0 Å². The van der Waals surface area contributed by atoms with E-state index in [9.17, 15) is 4.79 Å². The van der Waals surface area contributed by atoms with Gasteiger partial charge in [0.25, 0.3) is 5.56 Å². The molecular formula is C11H10N4O2. The summed E-state index contributed by atoms with van der Waals surface area (Å²) in [4.78, 5) is 17.0. The number of anilines is 1. The SMILES string of the molecule is C=C(C#N)/C=C\C(=C)Nc1nc(O)cc(=O)[nH]1. The Hall–Kier alpha value is -2.81. The maximum absolute atomic E-state index is 11.0. The summed E-state index contributed by atoms with van der Waals surface area (Å²) < 4.78 is 0. The molecule has 0 aliphatic carbocycles. The molecule has 6 heteroatoms. The van der Waals surface area contributed by atoms with Crippen molar-refractivity contribution in [2.24, 2.45) is 0 Å². The lowest BCUT2D eigenvalue weighted by Crippen LogP contribution is -2.10. The molecule has 0 amide bonds. The van der Waals surface area contributed by atoms with Crippen LogP contribution < -0.4 is 10.9 Å². The molecule has 0 fully saturated rings. The summed E-state index contributed by atoms with van der Waals surface area (Å²) in [5.41, 5.74) is 0.165. The van der Waals surface area contributed by atoms with E-state index >= 15 is 0 Å². The largest absolute Gasteiger partial charge is 0.493 e. The molecular weight excluding hydrogens is 220 g/mol. The monoisotopic (exact) mass is 230 g/mol. The first-order valence-corrected chi connectivity index (χ1v) is 4.54. The zero-order chi connectivity index (χ0) is 12.8. The van der Waals surface area contributed by atoms with Gasteiger partial charge in [0, 0.05) is 11.3 Å². The Morgan fingerprint density at radius 1 is 1.59 bits per heavy atom. The highest BCUT2D eigenvalue weighted by Gasteiger charge is 1.99. The highest BCUT2D eigenvalue weighted by molar-refractivity contribution is 5.42. The highest BCUT2D eigenvalue weighted by Crippen LogP contribution is 2.06. The summed E-state index contributed by atoms with van der Waals surface area (Å²) >= 11 is 0. The van der Waals surface area contributed by atoms with Crippen molar-refractivity contribution >= 4 is 5.95 Å². The van der Waals surface area contributed by atoms with Gasteiger partial charge in [-0.15, -0.1) is 0 Å². The Morgan fingerprint density at radius 3 is 2.88 bits per heavy atom.